The summed E-state index contributed by atoms with van der Waals surface area (Å²) in [7, 11) is 0. The standard InChI is InChI=1S/C25H14Cl2O3/c26-20-13-12-17-14-16-7-2-4-10-19(16)24(22(17)23(20)27)30-25(28)29-21-11-5-8-15-6-1-3-9-18(15)21/h1-14H. The number of carbonyl (C=O) groups excluding carboxylic acids is 1. The molecule has 0 fully saturated rings. The Morgan fingerprint density at radius 1 is 0.667 bits per heavy atom. The fourth-order valence-corrected chi connectivity index (χ4v) is 4.05. The van der Waals surface area contributed by atoms with Crippen molar-refractivity contribution in [2.75, 3.05) is 0 Å². The Bertz CT molecular complexity index is 1440. The van der Waals surface area contributed by atoms with Crippen LogP contribution in [0.3, 0.4) is 0 Å². The molecule has 3 nitrogen and oxygen atoms in total. The predicted octanol–water partition coefficient (Wildman–Crippen LogP) is 8.03. The Hall–Kier alpha value is -3.27. The van der Waals surface area contributed by atoms with Crippen LogP contribution in [0.1, 0.15) is 0 Å². The van der Waals surface area contributed by atoms with Gasteiger partial charge in [-0.05, 0) is 34.4 Å². The minimum absolute atomic E-state index is 0.320. The molecule has 5 aromatic carbocycles. The van der Waals surface area contributed by atoms with Crippen molar-refractivity contribution in [2.45, 2.75) is 0 Å². The molecule has 0 atom stereocenters. The molecule has 146 valence electrons. The van der Waals surface area contributed by atoms with E-state index in [9.17, 15) is 4.79 Å². The lowest BCUT2D eigenvalue weighted by Gasteiger charge is -2.14. The Balaban J connectivity index is 1.61. The Labute approximate surface area is 182 Å². The molecule has 0 aliphatic rings. The van der Waals surface area contributed by atoms with Crippen LogP contribution in [0.15, 0.2) is 84.9 Å². The molecular formula is C25H14Cl2O3. The number of hydrogen-bond acceptors (Lipinski definition) is 3. The monoisotopic (exact) mass is 432 g/mol. The van der Waals surface area contributed by atoms with Crippen molar-refractivity contribution in [3.05, 3.63) is 95.0 Å². The maximum absolute atomic E-state index is 12.8. The molecule has 0 saturated heterocycles. The summed E-state index contributed by atoms with van der Waals surface area (Å²) in [6.45, 7) is 0. The van der Waals surface area contributed by atoms with Crippen LogP contribution in [0.4, 0.5) is 4.79 Å². The third-order valence-electron chi connectivity index (χ3n) is 5.00. The molecule has 0 bridgehead atoms. The fraction of sp³-hybridized carbons (Fsp3) is 0. The van der Waals surface area contributed by atoms with Gasteiger partial charge in [-0.25, -0.2) is 4.79 Å². The second-order valence-electron chi connectivity index (χ2n) is 6.82. The van der Waals surface area contributed by atoms with Crippen LogP contribution in [0, 0.1) is 0 Å². The molecule has 0 unspecified atom stereocenters. The molecule has 0 N–H and O–H groups in total. The van der Waals surface area contributed by atoms with E-state index >= 15 is 0 Å². The van der Waals surface area contributed by atoms with Gasteiger partial charge in [-0.15, -0.1) is 0 Å². The SMILES string of the molecule is O=C(Oc1cccc2ccccc12)Oc1c2ccccc2cc2ccc(Cl)c(Cl)c12. The molecule has 0 spiro atoms. The van der Waals surface area contributed by atoms with Crippen LogP contribution in [0.5, 0.6) is 11.5 Å². The second-order valence-corrected chi connectivity index (χ2v) is 7.60. The summed E-state index contributed by atoms with van der Waals surface area (Å²) < 4.78 is 11.3. The molecule has 0 aromatic heterocycles. The zero-order chi connectivity index (χ0) is 20.7. The van der Waals surface area contributed by atoms with Gasteiger partial charge in [-0.1, -0.05) is 89.9 Å². The molecular weight excluding hydrogens is 419 g/mol. The van der Waals surface area contributed by atoms with Gasteiger partial charge in [-0.2, -0.15) is 0 Å². The minimum Gasteiger partial charge on any atom is -0.394 e. The van der Waals surface area contributed by atoms with Gasteiger partial charge in [0.25, 0.3) is 0 Å². The average molecular weight is 433 g/mol. The fourth-order valence-electron chi connectivity index (χ4n) is 3.63. The summed E-state index contributed by atoms with van der Waals surface area (Å²) in [5.74, 6) is 0.743. The largest absolute Gasteiger partial charge is 0.519 e. The first-order chi connectivity index (χ1) is 14.6. The number of hydrogen-bond donors (Lipinski definition) is 0. The molecule has 0 amide bonds. The van der Waals surface area contributed by atoms with E-state index in [0.29, 0.717) is 26.9 Å². The molecule has 30 heavy (non-hydrogen) atoms. The number of rotatable bonds is 2. The Morgan fingerprint density at radius 3 is 2.20 bits per heavy atom. The third kappa shape index (κ3) is 3.22. The molecule has 5 rings (SSSR count). The summed E-state index contributed by atoms with van der Waals surface area (Å²) in [6, 6.07) is 26.3. The number of fused-ring (bicyclic) bond motifs is 3. The summed E-state index contributed by atoms with van der Waals surface area (Å²) in [4.78, 5) is 12.8. The van der Waals surface area contributed by atoms with Gasteiger partial charge in [0, 0.05) is 16.2 Å². The molecule has 0 aliphatic heterocycles. The number of carbonyl (C=O) groups is 1. The summed E-state index contributed by atoms with van der Waals surface area (Å²) >= 11 is 12.7. The molecule has 0 heterocycles. The van der Waals surface area contributed by atoms with E-state index in [0.717, 1.165) is 26.9 Å². The van der Waals surface area contributed by atoms with Crippen LogP contribution in [0.2, 0.25) is 10.0 Å². The van der Waals surface area contributed by atoms with Crippen LogP contribution in [0.25, 0.3) is 32.3 Å². The summed E-state index contributed by atoms with van der Waals surface area (Å²) in [6.07, 6.45) is -0.847. The Kier molecular flexibility index (Phi) is 4.70. The van der Waals surface area contributed by atoms with Crippen molar-refractivity contribution in [2.24, 2.45) is 0 Å². The van der Waals surface area contributed by atoms with E-state index in [1.165, 1.54) is 0 Å². The first-order valence-corrected chi connectivity index (χ1v) is 10.0. The van der Waals surface area contributed by atoms with Crippen LogP contribution in [-0.4, -0.2) is 6.16 Å². The van der Waals surface area contributed by atoms with Gasteiger partial charge in [-0.3, -0.25) is 0 Å². The normalized spacial score (nSPS) is 11.1. The minimum atomic E-state index is -0.847. The first kappa shape index (κ1) is 18.7. The van der Waals surface area contributed by atoms with E-state index in [2.05, 4.69) is 0 Å². The van der Waals surface area contributed by atoms with E-state index in [1.54, 1.807) is 12.1 Å². The molecule has 0 saturated carbocycles. The highest BCUT2D eigenvalue weighted by molar-refractivity contribution is 6.46. The maximum atomic E-state index is 12.8. The number of benzene rings is 5. The highest BCUT2D eigenvalue weighted by Gasteiger charge is 2.18. The lowest BCUT2D eigenvalue weighted by molar-refractivity contribution is 0.153. The molecule has 0 radical (unpaired) electrons. The quantitative estimate of drug-likeness (QED) is 0.161. The van der Waals surface area contributed by atoms with Crippen LogP contribution < -0.4 is 9.47 Å². The van der Waals surface area contributed by atoms with Gasteiger partial charge < -0.3 is 9.47 Å². The van der Waals surface area contributed by atoms with Gasteiger partial charge in [0.15, 0.2) is 5.75 Å². The molecule has 0 aliphatic carbocycles. The zero-order valence-electron chi connectivity index (χ0n) is 15.6. The first-order valence-electron chi connectivity index (χ1n) is 9.29. The summed E-state index contributed by atoms with van der Waals surface area (Å²) in [5, 5.41) is 5.53. The second kappa shape index (κ2) is 7.52. The lowest BCUT2D eigenvalue weighted by Crippen LogP contribution is -2.14. The van der Waals surface area contributed by atoms with E-state index in [4.69, 9.17) is 32.7 Å². The smallest absolute Gasteiger partial charge is 0.394 e. The van der Waals surface area contributed by atoms with Gasteiger partial charge in [0.05, 0.1) is 10.0 Å². The number of ether oxygens (including phenoxy) is 2. The Morgan fingerprint density at radius 2 is 1.37 bits per heavy atom. The van der Waals surface area contributed by atoms with Crippen molar-refractivity contribution in [1.82, 2.24) is 0 Å². The van der Waals surface area contributed by atoms with Crippen LogP contribution in [-0.2, 0) is 0 Å². The number of halogens is 2. The average Bonchev–Trinajstić information content (AvgIpc) is 2.76. The maximum Gasteiger partial charge on any atom is 0.519 e. The van der Waals surface area contributed by atoms with Gasteiger partial charge in [0.1, 0.15) is 5.75 Å². The predicted molar refractivity (Wildman–Crippen MR) is 122 cm³/mol. The third-order valence-corrected chi connectivity index (χ3v) is 5.80. The van der Waals surface area contributed by atoms with Crippen molar-refractivity contribution in [1.29, 1.82) is 0 Å². The highest BCUT2D eigenvalue weighted by atomic mass is 35.5. The van der Waals surface area contributed by atoms with Crippen molar-refractivity contribution in [3.8, 4) is 11.5 Å². The topological polar surface area (TPSA) is 35.5 Å². The van der Waals surface area contributed by atoms with E-state index < -0.39 is 6.16 Å². The van der Waals surface area contributed by atoms with Crippen molar-refractivity contribution in [3.63, 3.8) is 0 Å². The highest BCUT2D eigenvalue weighted by Crippen LogP contribution is 2.42. The van der Waals surface area contributed by atoms with Gasteiger partial charge in [0.2, 0.25) is 0 Å². The van der Waals surface area contributed by atoms with Gasteiger partial charge >= 0.3 is 6.16 Å². The van der Waals surface area contributed by atoms with Crippen molar-refractivity contribution < 1.29 is 14.3 Å². The molecule has 5 aromatic rings. The van der Waals surface area contributed by atoms with E-state index in [-0.39, 0.29) is 0 Å². The lowest BCUT2D eigenvalue weighted by atomic mass is 10.0. The van der Waals surface area contributed by atoms with Crippen LogP contribution >= 0.6 is 23.2 Å². The zero-order valence-corrected chi connectivity index (χ0v) is 17.1. The molecule has 5 heteroatoms. The van der Waals surface area contributed by atoms with E-state index in [1.807, 2.05) is 72.8 Å². The van der Waals surface area contributed by atoms with Crippen molar-refractivity contribution >= 4 is 61.7 Å². The summed E-state index contributed by atoms with van der Waals surface area (Å²) in [5.41, 5.74) is 0.